The van der Waals surface area contributed by atoms with Crippen molar-refractivity contribution in [1.82, 2.24) is 20.2 Å². The van der Waals surface area contributed by atoms with Crippen molar-refractivity contribution >= 4 is 34.7 Å². The quantitative estimate of drug-likeness (QED) is 0.538. The van der Waals surface area contributed by atoms with Crippen LogP contribution in [0.2, 0.25) is 0 Å². The highest BCUT2D eigenvalue weighted by molar-refractivity contribution is 7.99. The number of rotatable bonds is 7. The summed E-state index contributed by atoms with van der Waals surface area (Å²) in [4.78, 5) is 28.2. The third-order valence-electron chi connectivity index (χ3n) is 4.08. The number of nitrogens with one attached hydrogen (secondary N) is 2. The molecule has 160 valence electrons. The fourth-order valence-corrected chi connectivity index (χ4v) is 3.59. The lowest BCUT2D eigenvalue weighted by Gasteiger charge is -2.09. The molecule has 1 aromatic carbocycles. The maximum atomic E-state index is 13.0. The number of aryl methyl sites for hydroxylation is 1. The predicted octanol–water partition coefficient (Wildman–Crippen LogP) is 4.18. The van der Waals surface area contributed by atoms with Gasteiger partial charge in [-0.3, -0.25) is 10.1 Å². The molecule has 0 saturated heterocycles. The molecular weight excluding hydrogens is 421 g/mol. The molecule has 0 aliphatic rings. The number of carbonyl (C=O) groups excluding carboxylic acids is 2. The lowest BCUT2D eigenvalue weighted by Crippen LogP contribution is -2.39. The van der Waals surface area contributed by atoms with Crippen LogP contribution >= 0.6 is 11.8 Å². The lowest BCUT2D eigenvalue weighted by atomic mass is 10.2. The maximum Gasteiger partial charge on any atom is 0.416 e. The van der Waals surface area contributed by atoms with Crippen LogP contribution in [0.5, 0.6) is 0 Å². The highest BCUT2D eigenvalue weighted by atomic mass is 32.2. The van der Waals surface area contributed by atoms with Crippen molar-refractivity contribution in [1.29, 1.82) is 0 Å². The van der Waals surface area contributed by atoms with E-state index in [-0.39, 0.29) is 12.3 Å². The monoisotopic (exact) mass is 440 g/mol. The third-order valence-corrected chi connectivity index (χ3v) is 5.05. The number of hydrogen-bond donors (Lipinski definition) is 2. The number of fused-ring (bicyclic) bond motifs is 1. The number of alkyl halides is 3. The van der Waals surface area contributed by atoms with Gasteiger partial charge in [-0.2, -0.15) is 13.2 Å². The van der Waals surface area contributed by atoms with Crippen molar-refractivity contribution in [3.05, 3.63) is 47.9 Å². The Bertz CT molecular complexity index is 1030. The fourth-order valence-electron chi connectivity index (χ4n) is 2.74. The average molecular weight is 440 g/mol. The summed E-state index contributed by atoms with van der Waals surface area (Å²) in [6.45, 7) is 2.47. The van der Waals surface area contributed by atoms with E-state index in [1.807, 2.05) is 6.92 Å². The number of nitrogens with zero attached hydrogens (tertiary/aromatic N) is 2. The number of imide groups is 1. The summed E-state index contributed by atoms with van der Waals surface area (Å²) < 4.78 is 45.8. The van der Waals surface area contributed by atoms with Gasteiger partial charge in [0.2, 0.25) is 5.91 Å². The summed E-state index contributed by atoms with van der Waals surface area (Å²) in [5.41, 5.74) is 0.0103. The molecule has 11 heteroatoms. The van der Waals surface area contributed by atoms with E-state index in [0.717, 1.165) is 23.9 Å². The molecule has 0 bridgehead atoms. The number of hydrogen-bond acceptors (Lipinski definition) is 5. The van der Waals surface area contributed by atoms with E-state index in [4.69, 9.17) is 4.42 Å². The number of imidazole rings is 1. The molecule has 3 aromatic rings. The van der Waals surface area contributed by atoms with E-state index >= 15 is 0 Å². The van der Waals surface area contributed by atoms with Gasteiger partial charge in [-0.05, 0) is 36.8 Å². The standard InChI is InChI=1S/C19H19F3N4O3S/c1-2-7-26-15-9-12(19(20,21)22)5-6-14(15)24-18(26)30-11-16(27)25-17(28)23-10-13-4-3-8-29-13/h3-6,8-9H,2,7,10-11H2,1H3,(H2,23,25,27,28). The molecule has 0 unspecified atom stereocenters. The largest absolute Gasteiger partial charge is 0.467 e. The van der Waals surface area contributed by atoms with Gasteiger partial charge in [0.25, 0.3) is 0 Å². The van der Waals surface area contributed by atoms with Crippen molar-refractivity contribution in [3.63, 3.8) is 0 Å². The number of aromatic nitrogens is 2. The SMILES string of the molecule is CCCn1c(SCC(=O)NC(=O)NCc2ccco2)nc2ccc(C(F)(F)F)cc21. The molecule has 0 saturated carbocycles. The molecule has 0 aliphatic heterocycles. The molecule has 2 heterocycles. The zero-order valence-electron chi connectivity index (χ0n) is 16.0. The Morgan fingerprint density at radius 2 is 2.07 bits per heavy atom. The van der Waals surface area contributed by atoms with Gasteiger partial charge in [0.05, 0.1) is 35.2 Å². The minimum atomic E-state index is -4.45. The van der Waals surface area contributed by atoms with Crippen LogP contribution in [0, 0.1) is 0 Å². The van der Waals surface area contributed by atoms with Gasteiger partial charge in [-0.15, -0.1) is 0 Å². The van der Waals surface area contributed by atoms with Crippen LogP contribution in [-0.2, 0) is 24.1 Å². The van der Waals surface area contributed by atoms with E-state index < -0.39 is 23.7 Å². The molecule has 2 N–H and O–H groups in total. The van der Waals surface area contributed by atoms with Gasteiger partial charge < -0.3 is 14.3 Å². The predicted molar refractivity (Wildman–Crippen MR) is 105 cm³/mol. The molecule has 3 rings (SSSR count). The van der Waals surface area contributed by atoms with Crippen molar-refractivity contribution in [3.8, 4) is 0 Å². The second-order valence-corrected chi connectivity index (χ2v) is 7.29. The maximum absolute atomic E-state index is 13.0. The van der Waals surface area contributed by atoms with Gasteiger partial charge in [0, 0.05) is 6.54 Å². The summed E-state index contributed by atoms with van der Waals surface area (Å²) in [6.07, 6.45) is -2.31. The Morgan fingerprint density at radius 3 is 2.73 bits per heavy atom. The van der Waals surface area contributed by atoms with Crippen LogP contribution in [0.25, 0.3) is 11.0 Å². The highest BCUT2D eigenvalue weighted by Gasteiger charge is 2.31. The summed E-state index contributed by atoms with van der Waals surface area (Å²) in [7, 11) is 0. The summed E-state index contributed by atoms with van der Waals surface area (Å²) in [5, 5.41) is 5.09. The van der Waals surface area contributed by atoms with Gasteiger partial charge in [0.15, 0.2) is 5.16 Å². The number of halogens is 3. The van der Waals surface area contributed by atoms with Crippen LogP contribution < -0.4 is 10.6 Å². The third kappa shape index (κ3) is 5.35. The van der Waals surface area contributed by atoms with Gasteiger partial charge in [0.1, 0.15) is 5.76 Å². The second kappa shape index (κ2) is 9.24. The van der Waals surface area contributed by atoms with E-state index in [9.17, 15) is 22.8 Å². The number of benzene rings is 1. The first-order valence-corrected chi connectivity index (χ1v) is 10.1. The molecular formula is C19H19F3N4O3S. The zero-order chi connectivity index (χ0) is 21.7. The highest BCUT2D eigenvalue weighted by Crippen LogP contribution is 2.33. The van der Waals surface area contributed by atoms with Crippen LogP contribution in [0.4, 0.5) is 18.0 Å². The average Bonchev–Trinajstić information content (AvgIpc) is 3.32. The van der Waals surface area contributed by atoms with Crippen LogP contribution in [0.1, 0.15) is 24.7 Å². The van der Waals surface area contributed by atoms with E-state index in [2.05, 4.69) is 15.6 Å². The molecule has 30 heavy (non-hydrogen) atoms. The number of furan rings is 1. The summed E-state index contributed by atoms with van der Waals surface area (Å²) in [5.74, 6) is -0.130. The van der Waals surface area contributed by atoms with Crippen molar-refractivity contribution < 1.29 is 27.2 Å². The van der Waals surface area contributed by atoms with E-state index in [0.29, 0.717) is 34.9 Å². The number of urea groups is 1. The molecule has 7 nitrogen and oxygen atoms in total. The van der Waals surface area contributed by atoms with E-state index in [1.54, 1.807) is 16.7 Å². The summed E-state index contributed by atoms with van der Waals surface area (Å²) >= 11 is 1.05. The summed E-state index contributed by atoms with van der Waals surface area (Å²) in [6, 6.07) is 6.04. The Kier molecular flexibility index (Phi) is 6.70. The Morgan fingerprint density at radius 1 is 1.27 bits per heavy atom. The van der Waals surface area contributed by atoms with Crippen molar-refractivity contribution in [2.75, 3.05) is 5.75 Å². The topological polar surface area (TPSA) is 89.2 Å². The first kappa shape index (κ1) is 21.8. The van der Waals surface area contributed by atoms with Crippen molar-refractivity contribution in [2.24, 2.45) is 0 Å². The Balaban J connectivity index is 1.65. The normalized spacial score (nSPS) is 11.6. The van der Waals surface area contributed by atoms with Crippen LogP contribution in [0.15, 0.2) is 46.2 Å². The van der Waals surface area contributed by atoms with Gasteiger partial charge >= 0.3 is 12.2 Å². The minimum Gasteiger partial charge on any atom is -0.467 e. The molecule has 3 amide bonds. The van der Waals surface area contributed by atoms with Crippen LogP contribution in [0.3, 0.4) is 0 Å². The second-order valence-electron chi connectivity index (χ2n) is 6.35. The molecule has 0 fully saturated rings. The van der Waals surface area contributed by atoms with Gasteiger partial charge in [-0.25, -0.2) is 9.78 Å². The Hall–Kier alpha value is -2.95. The molecule has 0 radical (unpaired) electrons. The van der Waals surface area contributed by atoms with E-state index in [1.165, 1.54) is 12.3 Å². The first-order valence-electron chi connectivity index (χ1n) is 9.08. The molecule has 0 atom stereocenters. The van der Waals surface area contributed by atoms with Gasteiger partial charge in [-0.1, -0.05) is 18.7 Å². The fraction of sp³-hybridized carbons (Fsp3) is 0.316. The smallest absolute Gasteiger partial charge is 0.416 e. The molecule has 2 aromatic heterocycles. The lowest BCUT2D eigenvalue weighted by molar-refractivity contribution is -0.137. The Labute approximate surface area is 174 Å². The first-order chi connectivity index (χ1) is 14.3. The van der Waals surface area contributed by atoms with Crippen LogP contribution in [-0.4, -0.2) is 27.2 Å². The van der Waals surface area contributed by atoms with Crippen molar-refractivity contribution in [2.45, 2.75) is 37.8 Å². The number of carbonyl (C=O) groups is 2. The molecule has 0 spiro atoms. The number of amides is 3. The minimum absolute atomic E-state index is 0.118. The molecule has 0 aliphatic carbocycles. The zero-order valence-corrected chi connectivity index (χ0v) is 16.8. The number of thioether (sulfide) groups is 1.